The quantitative estimate of drug-likeness (QED) is 0.158. The molecule has 7 nitrogen and oxygen atoms in total. The summed E-state index contributed by atoms with van der Waals surface area (Å²) < 4.78 is 58.0. The Hall–Kier alpha value is -4.22. The molecule has 0 aliphatic heterocycles. The van der Waals surface area contributed by atoms with E-state index in [1.165, 1.54) is 0 Å². The lowest BCUT2D eigenvalue weighted by Crippen LogP contribution is -2.43. The van der Waals surface area contributed by atoms with Crippen LogP contribution in [0.15, 0.2) is 82.5 Å². The second kappa shape index (κ2) is 13.4. The van der Waals surface area contributed by atoms with Crippen LogP contribution in [0, 0.1) is 12.7 Å². The predicted octanol–water partition coefficient (Wildman–Crippen LogP) is 6.04. The number of aliphatic carboxylic acids is 1. The minimum atomic E-state index is -4.89. The minimum absolute atomic E-state index is 0.0594. The van der Waals surface area contributed by atoms with Crippen molar-refractivity contribution in [2.45, 2.75) is 45.1 Å². The van der Waals surface area contributed by atoms with Crippen LogP contribution >= 0.6 is 11.6 Å². The molecule has 0 spiro atoms. The molecule has 0 amide bonds. The van der Waals surface area contributed by atoms with Crippen LogP contribution in [0.5, 0.6) is 0 Å². The molecule has 226 valence electrons. The summed E-state index contributed by atoms with van der Waals surface area (Å²) >= 11 is 6.52. The summed E-state index contributed by atoms with van der Waals surface area (Å²) in [7, 11) is 0. The van der Waals surface area contributed by atoms with Crippen LogP contribution in [0.25, 0.3) is 11.1 Å². The van der Waals surface area contributed by atoms with E-state index >= 15 is 0 Å². The molecule has 4 aromatic rings. The van der Waals surface area contributed by atoms with E-state index in [0.717, 1.165) is 33.5 Å². The Balaban J connectivity index is 1.89. The average molecular weight is 618 g/mol. The van der Waals surface area contributed by atoms with E-state index in [1.54, 1.807) is 55.5 Å². The number of aryl methyl sites for hydroxylation is 1. The number of nitrogens with one attached hydrogen (secondary N) is 1. The number of carboxylic acid groups (broad SMARTS) is 1. The van der Waals surface area contributed by atoms with Gasteiger partial charge in [0.2, 0.25) is 0 Å². The van der Waals surface area contributed by atoms with E-state index < -0.39 is 52.9 Å². The molecule has 0 radical (unpaired) electrons. The number of aromatic nitrogens is 2. The molecular formula is C31H28ClF4N3O4. The summed E-state index contributed by atoms with van der Waals surface area (Å²) in [5.41, 5.74) is -2.19. The van der Waals surface area contributed by atoms with Crippen molar-refractivity contribution < 1.29 is 27.5 Å². The van der Waals surface area contributed by atoms with Crippen molar-refractivity contribution in [1.82, 2.24) is 14.5 Å². The largest absolute Gasteiger partial charge is 0.481 e. The highest BCUT2D eigenvalue weighted by atomic mass is 35.5. The fourth-order valence-corrected chi connectivity index (χ4v) is 5.02. The zero-order valence-electron chi connectivity index (χ0n) is 23.0. The maximum Gasteiger partial charge on any atom is 0.416 e. The third-order valence-electron chi connectivity index (χ3n) is 7.00. The summed E-state index contributed by atoms with van der Waals surface area (Å²) in [6.45, 7) is 0.888. The highest BCUT2D eigenvalue weighted by Crippen LogP contribution is 2.34. The average Bonchev–Trinajstić information content (AvgIpc) is 2.96. The Bertz CT molecular complexity index is 1740. The van der Waals surface area contributed by atoms with Crippen LogP contribution in [0.1, 0.15) is 41.1 Å². The van der Waals surface area contributed by atoms with Gasteiger partial charge in [0, 0.05) is 23.7 Å². The van der Waals surface area contributed by atoms with Crippen molar-refractivity contribution in [2.75, 3.05) is 6.54 Å². The molecule has 1 aromatic heterocycles. The molecule has 1 heterocycles. The van der Waals surface area contributed by atoms with Crippen molar-refractivity contribution >= 4 is 17.6 Å². The molecular weight excluding hydrogens is 590 g/mol. The lowest BCUT2D eigenvalue weighted by Gasteiger charge is -2.22. The first-order chi connectivity index (χ1) is 20.4. The molecule has 0 saturated heterocycles. The maximum atomic E-state index is 14.8. The Morgan fingerprint density at radius 3 is 2.37 bits per heavy atom. The second-order valence-electron chi connectivity index (χ2n) is 9.98. The highest BCUT2D eigenvalue weighted by Gasteiger charge is 2.35. The third kappa shape index (κ3) is 7.41. The van der Waals surface area contributed by atoms with Gasteiger partial charge >= 0.3 is 17.8 Å². The number of nitrogens with zero attached hydrogens (tertiary/aromatic N) is 2. The van der Waals surface area contributed by atoms with E-state index in [0.29, 0.717) is 11.1 Å². The Morgan fingerprint density at radius 2 is 1.70 bits per heavy atom. The molecule has 0 aliphatic rings. The van der Waals surface area contributed by atoms with Gasteiger partial charge in [-0.3, -0.25) is 18.7 Å². The number of rotatable bonds is 11. The molecule has 0 aliphatic carbocycles. The van der Waals surface area contributed by atoms with Crippen molar-refractivity contribution in [3.8, 4) is 11.1 Å². The van der Waals surface area contributed by atoms with E-state index in [4.69, 9.17) is 16.7 Å². The highest BCUT2D eigenvalue weighted by molar-refractivity contribution is 6.34. The van der Waals surface area contributed by atoms with Crippen molar-refractivity contribution in [3.05, 3.63) is 127 Å². The first-order valence-corrected chi connectivity index (χ1v) is 13.7. The van der Waals surface area contributed by atoms with E-state index in [9.17, 15) is 31.9 Å². The van der Waals surface area contributed by atoms with Gasteiger partial charge in [0.05, 0.1) is 35.3 Å². The SMILES string of the molecule is Cc1cccc(-c2cn(Cc3c(F)cccc3C(F)(F)F)c(=O)n(CC(NCCCC(=O)O)c3ccccc3)c2=O)c1Cl. The molecule has 12 heteroatoms. The minimum Gasteiger partial charge on any atom is -0.481 e. The lowest BCUT2D eigenvalue weighted by molar-refractivity contribution is -0.138. The van der Waals surface area contributed by atoms with Crippen molar-refractivity contribution in [3.63, 3.8) is 0 Å². The zero-order valence-corrected chi connectivity index (χ0v) is 23.8. The summed E-state index contributed by atoms with van der Waals surface area (Å²) in [5.74, 6) is -2.14. The number of benzene rings is 3. The molecule has 0 saturated carbocycles. The summed E-state index contributed by atoms with van der Waals surface area (Å²) in [4.78, 5) is 38.6. The summed E-state index contributed by atoms with van der Waals surface area (Å²) in [6.07, 6.45) is -3.63. The number of halogens is 5. The number of hydrogen-bond donors (Lipinski definition) is 2. The Kier molecular flexibility index (Phi) is 9.87. The van der Waals surface area contributed by atoms with Crippen LogP contribution in [-0.2, 0) is 24.1 Å². The van der Waals surface area contributed by atoms with Gasteiger partial charge in [-0.05, 0) is 43.1 Å². The van der Waals surface area contributed by atoms with Crippen molar-refractivity contribution in [1.29, 1.82) is 0 Å². The summed E-state index contributed by atoms with van der Waals surface area (Å²) in [6, 6.07) is 15.6. The molecule has 43 heavy (non-hydrogen) atoms. The van der Waals surface area contributed by atoms with Crippen LogP contribution in [0.2, 0.25) is 5.02 Å². The zero-order chi connectivity index (χ0) is 31.3. The van der Waals surface area contributed by atoms with Crippen LogP contribution in [0.3, 0.4) is 0 Å². The van der Waals surface area contributed by atoms with Crippen LogP contribution < -0.4 is 16.6 Å². The van der Waals surface area contributed by atoms with Crippen LogP contribution in [-0.4, -0.2) is 26.8 Å². The monoisotopic (exact) mass is 617 g/mol. The van der Waals surface area contributed by atoms with Gasteiger partial charge in [-0.25, -0.2) is 9.18 Å². The maximum absolute atomic E-state index is 14.8. The van der Waals surface area contributed by atoms with Gasteiger partial charge < -0.3 is 10.4 Å². The molecule has 1 unspecified atom stereocenters. The number of carbonyl (C=O) groups is 1. The summed E-state index contributed by atoms with van der Waals surface area (Å²) in [5, 5.41) is 12.4. The first-order valence-electron chi connectivity index (χ1n) is 13.3. The van der Waals surface area contributed by atoms with Gasteiger partial charge in [-0.1, -0.05) is 66.2 Å². The molecule has 0 fully saturated rings. The Labute approximate surface area is 249 Å². The molecule has 3 aromatic carbocycles. The topological polar surface area (TPSA) is 93.3 Å². The van der Waals surface area contributed by atoms with Gasteiger partial charge in [0.1, 0.15) is 5.82 Å². The van der Waals surface area contributed by atoms with Gasteiger partial charge in [0.15, 0.2) is 0 Å². The smallest absolute Gasteiger partial charge is 0.416 e. The Morgan fingerprint density at radius 1 is 1.00 bits per heavy atom. The van der Waals surface area contributed by atoms with Gasteiger partial charge in [-0.15, -0.1) is 0 Å². The van der Waals surface area contributed by atoms with Crippen LogP contribution in [0.4, 0.5) is 17.6 Å². The normalized spacial score (nSPS) is 12.3. The predicted molar refractivity (Wildman–Crippen MR) is 155 cm³/mol. The molecule has 1 atom stereocenters. The van der Waals surface area contributed by atoms with E-state index in [2.05, 4.69) is 5.32 Å². The third-order valence-corrected chi connectivity index (χ3v) is 7.50. The van der Waals surface area contributed by atoms with Gasteiger partial charge in [-0.2, -0.15) is 13.2 Å². The molecule has 4 rings (SSSR count). The second-order valence-corrected chi connectivity index (χ2v) is 10.4. The number of hydrogen-bond acceptors (Lipinski definition) is 4. The number of carboxylic acids is 1. The fraction of sp³-hybridized carbons (Fsp3) is 0.258. The lowest BCUT2D eigenvalue weighted by atomic mass is 10.0. The van der Waals surface area contributed by atoms with Gasteiger partial charge in [0.25, 0.3) is 5.56 Å². The van der Waals surface area contributed by atoms with E-state index in [-0.39, 0.29) is 42.1 Å². The molecule has 0 bridgehead atoms. The van der Waals surface area contributed by atoms with E-state index in [1.807, 2.05) is 0 Å². The first kappa shape index (κ1) is 31.7. The number of alkyl halides is 3. The fourth-order valence-electron chi connectivity index (χ4n) is 4.79. The van der Waals surface area contributed by atoms with Crippen molar-refractivity contribution in [2.24, 2.45) is 0 Å². The molecule has 2 N–H and O–H groups in total. The standard InChI is InChI=1S/C31H28ClF4N3O4/c1-19-8-5-11-21(28(19)32)22-16-38(17-23-24(31(34,35)36)12-6-13-25(23)33)30(43)39(29(22)42)18-26(20-9-3-2-4-10-20)37-15-7-14-27(40)41/h2-6,8-13,16,26,37H,7,14-15,17-18H2,1H3,(H,40,41).